The lowest BCUT2D eigenvalue weighted by Gasteiger charge is -2.44. The van der Waals surface area contributed by atoms with Crippen LogP contribution in [0.25, 0.3) is 22.0 Å². The zero-order valence-electron chi connectivity index (χ0n) is 14.2. The third-order valence-corrected chi connectivity index (χ3v) is 5.99. The molecular formula is C21H22N2O. The summed E-state index contributed by atoms with van der Waals surface area (Å²) < 4.78 is 2.25. The monoisotopic (exact) mass is 318 g/mol. The molecule has 1 saturated heterocycles. The van der Waals surface area contributed by atoms with Crippen LogP contribution in [0.5, 0.6) is 5.75 Å². The van der Waals surface area contributed by atoms with Crippen molar-refractivity contribution in [3.8, 4) is 17.0 Å². The minimum absolute atomic E-state index is 0.360. The molecule has 3 nitrogen and oxygen atoms in total. The fourth-order valence-electron chi connectivity index (χ4n) is 4.99. The molecule has 2 unspecified atom stereocenters. The molecule has 24 heavy (non-hydrogen) atoms. The van der Waals surface area contributed by atoms with Crippen LogP contribution in [0.15, 0.2) is 42.6 Å². The zero-order chi connectivity index (χ0) is 16.4. The highest BCUT2D eigenvalue weighted by atomic mass is 16.3. The van der Waals surface area contributed by atoms with E-state index in [1.54, 1.807) is 0 Å². The molecule has 2 atom stereocenters. The fourth-order valence-corrected chi connectivity index (χ4v) is 4.99. The molecule has 2 aliphatic rings. The normalized spacial score (nSPS) is 22.9. The Morgan fingerprint density at radius 3 is 2.67 bits per heavy atom. The van der Waals surface area contributed by atoms with Crippen LogP contribution in [0, 0.1) is 0 Å². The van der Waals surface area contributed by atoms with Gasteiger partial charge in [0.2, 0.25) is 0 Å². The molecule has 122 valence electrons. The second-order valence-corrected chi connectivity index (χ2v) is 7.31. The maximum Gasteiger partial charge on any atom is 0.123 e. The van der Waals surface area contributed by atoms with E-state index < -0.39 is 0 Å². The van der Waals surface area contributed by atoms with E-state index in [-0.39, 0.29) is 0 Å². The molecule has 1 aliphatic carbocycles. The smallest absolute Gasteiger partial charge is 0.123 e. The summed E-state index contributed by atoms with van der Waals surface area (Å²) in [5.74, 6) is 0.924. The molecule has 3 heteroatoms. The molecule has 1 N–H and O–H groups in total. The molecule has 2 aromatic carbocycles. The molecule has 0 radical (unpaired) electrons. The quantitative estimate of drug-likeness (QED) is 0.665. The van der Waals surface area contributed by atoms with Gasteiger partial charge in [0.15, 0.2) is 0 Å². The van der Waals surface area contributed by atoms with Crippen LogP contribution in [0.4, 0.5) is 0 Å². The summed E-state index contributed by atoms with van der Waals surface area (Å²) in [6.07, 6.45) is 4.65. The van der Waals surface area contributed by atoms with Crippen molar-refractivity contribution in [2.45, 2.75) is 24.8 Å². The van der Waals surface area contributed by atoms with Crippen molar-refractivity contribution < 1.29 is 5.11 Å². The summed E-state index contributed by atoms with van der Waals surface area (Å²) >= 11 is 0. The van der Waals surface area contributed by atoms with Gasteiger partial charge in [-0.2, -0.15) is 0 Å². The van der Waals surface area contributed by atoms with E-state index in [0.717, 1.165) is 17.3 Å². The molecule has 5 rings (SSSR count). The number of aromatic hydroxyl groups is 1. The van der Waals surface area contributed by atoms with E-state index >= 15 is 0 Å². The highest BCUT2D eigenvalue weighted by Crippen LogP contribution is 2.54. The van der Waals surface area contributed by atoms with E-state index in [4.69, 9.17) is 0 Å². The van der Waals surface area contributed by atoms with Crippen LogP contribution in [0.1, 0.15) is 35.9 Å². The van der Waals surface area contributed by atoms with Crippen LogP contribution in [0.3, 0.4) is 0 Å². The summed E-state index contributed by atoms with van der Waals surface area (Å²) in [4.78, 5) is 2.47. The minimum atomic E-state index is 0.360. The Hall–Kier alpha value is -2.26. The number of nitrogens with zero attached hydrogens (tertiary/aromatic N) is 2. The number of hydrogen-bond donors (Lipinski definition) is 1. The summed E-state index contributed by atoms with van der Waals surface area (Å²) in [7, 11) is 4.36. The molecule has 3 aromatic rings. The van der Waals surface area contributed by atoms with Crippen molar-refractivity contribution in [2.75, 3.05) is 13.6 Å². The molecule has 1 fully saturated rings. The lowest BCUT2D eigenvalue weighted by molar-refractivity contribution is 0.159. The SMILES string of the molecule is CN1CCCC2c3ccn(C)c3-c3c(cc(O)c4ccccc34)C21. The van der Waals surface area contributed by atoms with Crippen molar-refractivity contribution >= 4 is 10.8 Å². The van der Waals surface area contributed by atoms with E-state index in [1.165, 1.54) is 35.2 Å². The summed E-state index contributed by atoms with van der Waals surface area (Å²) in [5, 5.41) is 12.8. The molecule has 0 amide bonds. The van der Waals surface area contributed by atoms with Crippen LogP contribution in [-0.2, 0) is 7.05 Å². The topological polar surface area (TPSA) is 28.4 Å². The van der Waals surface area contributed by atoms with Gasteiger partial charge in [0.25, 0.3) is 0 Å². The number of likely N-dealkylation sites (N-methyl/N-ethyl adjacent to an activating group) is 1. The fraction of sp³-hybridized carbons (Fsp3) is 0.333. The summed E-state index contributed by atoms with van der Waals surface area (Å²) in [6.45, 7) is 1.12. The maximum atomic E-state index is 10.6. The second-order valence-electron chi connectivity index (χ2n) is 7.31. The van der Waals surface area contributed by atoms with Gasteiger partial charge < -0.3 is 9.67 Å². The Bertz CT molecular complexity index is 956. The number of rotatable bonds is 0. The van der Waals surface area contributed by atoms with Crippen molar-refractivity contribution in [3.63, 3.8) is 0 Å². The van der Waals surface area contributed by atoms with Crippen molar-refractivity contribution in [1.82, 2.24) is 9.47 Å². The van der Waals surface area contributed by atoms with Crippen LogP contribution in [0.2, 0.25) is 0 Å². The lowest BCUT2D eigenvalue weighted by Crippen LogP contribution is -2.37. The van der Waals surface area contributed by atoms with Crippen LogP contribution in [-0.4, -0.2) is 28.2 Å². The van der Waals surface area contributed by atoms with Crippen LogP contribution < -0.4 is 0 Å². The van der Waals surface area contributed by atoms with Gasteiger partial charge in [0.05, 0.1) is 5.69 Å². The first-order chi connectivity index (χ1) is 11.7. The predicted molar refractivity (Wildman–Crippen MR) is 97.4 cm³/mol. The van der Waals surface area contributed by atoms with E-state index in [9.17, 15) is 5.11 Å². The molecule has 1 aromatic heterocycles. The lowest BCUT2D eigenvalue weighted by atomic mass is 9.72. The number of phenols is 1. The first kappa shape index (κ1) is 14.1. The van der Waals surface area contributed by atoms with Gasteiger partial charge in [-0.15, -0.1) is 0 Å². The van der Waals surface area contributed by atoms with Crippen molar-refractivity contribution in [1.29, 1.82) is 0 Å². The average Bonchev–Trinajstić information content (AvgIpc) is 2.97. The first-order valence-corrected chi connectivity index (χ1v) is 8.77. The number of aryl methyl sites for hydroxylation is 1. The van der Waals surface area contributed by atoms with Crippen molar-refractivity contribution in [3.05, 3.63) is 53.7 Å². The van der Waals surface area contributed by atoms with Gasteiger partial charge in [-0.3, -0.25) is 4.90 Å². The highest BCUT2D eigenvalue weighted by Gasteiger charge is 2.40. The van der Waals surface area contributed by atoms with Gasteiger partial charge in [0, 0.05) is 36.2 Å². The van der Waals surface area contributed by atoms with E-state index in [1.807, 2.05) is 18.2 Å². The number of piperidine rings is 1. The van der Waals surface area contributed by atoms with E-state index in [0.29, 0.717) is 17.7 Å². The standard InChI is InChI=1S/C21H22N2O/c1-22-10-5-8-15-16-9-11-23(2)21(16)19-14-7-4-3-6-13(14)18(24)12-17(19)20(15)22/h3-4,6-7,9,11-12,15,20,24H,5,8,10H2,1-2H3. The Morgan fingerprint density at radius 2 is 1.83 bits per heavy atom. The largest absolute Gasteiger partial charge is 0.507 e. The van der Waals surface area contributed by atoms with Gasteiger partial charge >= 0.3 is 0 Å². The molecule has 0 spiro atoms. The number of fused-ring (bicyclic) bond motifs is 8. The Kier molecular flexibility index (Phi) is 2.86. The Labute approximate surface area is 142 Å². The summed E-state index contributed by atoms with van der Waals surface area (Å²) in [6, 6.07) is 12.9. The number of aromatic nitrogens is 1. The van der Waals surface area contributed by atoms with Gasteiger partial charge in [0.1, 0.15) is 5.75 Å². The molecule has 0 bridgehead atoms. The minimum Gasteiger partial charge on any atom is -0.507 e. The number of likely N-dealkylation sites (tertiary alicyclic amines) is 1. The van der Waals surface area contributed by atoms with Crippen molar-refractivity contribution in [2.24, 2.45) is 7.05 Å². The predicted octanol–water partition coefficient (Wildman–Crippen LogP) is 4.41. The molecule has 2 heterocycles. The Balaban J connectivity index is 1.93. The molecule has 0 saturated carbocycles. The first-order valence-electron chi connectivity index (χ1n) is 8.77. The number of phenolic OH excluding ortho intramolecular Hbond substituents is 1. The molecule has 1 aliphatic heterocycles. The maximum absolute atomic E-state index is 10.6. The second kappa shape index (κ2) is 4.87. The van der Waals surface area contributed by atoms with Gasteiger partial charge in [-0.1, -0.05) is 24.3 Å². The third kappa shape index (κ3) is 1.71. The van der Waals surface area contributed by atoms with E-state index in [2.05, 4.69) is 48.0 Å². The Morgan fingerprint density at radius 1 is 1.04 bits per heavy atom. The van der Waals surface area contributed by atoms with Gasteiger partial charge in [-0.25, -0.2) is 0 Å². The van der Waals surface area contributed by atoms with Gasteiger partial charge in [-0.05, 0) is 55.1 Å². The number of hydrogen-bond acceptors (Lipinski definition) is 2. The molecular weight excluding hydrogens is 296 g/mol. The highest BCUT2D eigenvalue weighted by molar-refractivity contribution is 6.02. The zero-order valence-corrected chi connectivity index (χ0v) is 14.2. The van der Waals surface area contributed by atoms with Crippen LogP contribution >= 0.6 is 0 Å². The summed E-state index contributed by atoms with van der Waals surface area (Å²) in [5.41, 5.74) is 5.39. The third-order valence-electron chi connectivity index (χ3n) is 5.99. The number of benzene rings is 2. The average molecular weight is 318 g/mol.